The molecule has 0 radical (unpaired) electrons. The van der Waals surface area contributed by atoms with Crippen LogP contribution >= 0.6 is 0 Å². The lowest BCUT2D eigenvalue weighted by Crippen LogP contribution is -2.04. The molecule has 1 aliphatic rings. The summed E-state index contributed by atoms with van der Waals surface area (Å²) in [5.41, 5.74) is 2.68. The van der Waals surface area contributed by atoms with Crippen LogP contribution in [0.4, 0.5) is 0 Å². The number of hydrogen-bond acceptors (Lipinski definition) is 2. The fourth-order valence-corrected chi connectivity index (χ4v) is 1.38. The van der Waals surface area contributed by atoms with Gasteiger partial charge in [0.2, 0.25) is 0 Å². The lowest BCUT2D eigenvalue weighted by Gasteiger charge is -2.07. The SMILES string of the molecule is CC(C)=CCCC(C)=CC1OC=C(C)O1. The van der Waals surface area contributed by atoms with E-state index >= 15 is 0 Å². The number of allylic oxidation sites excluding steroid dienone is 4. The Morgan fingerprint density at radius 3 is 2.67 bits per heavy atom. The Labute approximate surface area is 92.3 Å². The summed E-state index contributed by atoms with van der Waals surface area (Å²) < 4.78 is 10.7. The summed E-state index contributed by atoms with van der Waals surface area (Å²) in [7, 11) is 0. The van der Waals surface area contributed by atoms with Crippen molar-refractivity contribution < 1.29 is 9.47 Å². The summed E-state index contributed by atoms with van der Waals surface area (Å²) in [6.45, 7) is 8.25. The van der Waals surface area contributed by atoms with Gasteiger partial charge in [0.25, 0.3) is 6.29 Å². The molecule has 15 heavy (non-hydrogen) atoms. The molecule has 1 rings (SSSR count). The van der Waals surface area contributed by atoms with Crippen LogP contribution in [0, 0.1) is 0 Å². The lowest BCUT2D eigenvalue weighted by molar-refractivity contribution is 0.00912. The first-order valence-electron chi connectivity index (χ1n) is 5.37. The van der Waals surface area contributed by atoms with Crippen molar-refractivity contribution in [2.75, 3.05) is 0 Å². The summed E-state index contributed by atoms with van der Waals surface area (Å²) in [5.74, 6) is 0.841. The van der Waals surface area contributed by atoms with E-state index in [1.165, 1.54) is 11.1 Å². The Morgan fingerprint density at radius 2 is 2.13 bits per heavy atom. The van der Waals surface area contributed by atoms with E-state index < -0.39 is 0 Å². The van der Waals surface area contributed by atoms with Crippen LogP contribution in [-0.2, 0) is 9.47 Å². The second-order valence-corrected chi connectivity index (χ2v) is 4.18. The minimum Gasteiger partial charge on any atom is -0.455 e. The van der Waals surface area contributed by atoms with Crippen LogP contribution < -0.4 is 0 Å². The summed E-state index contributed by atoms with van der Waals surface area (Å²) in [6, 6.07) is 0. The standard InChI is InChI=1S/C13H20O2/c1-10(2)6-5-7-11(3)8-13-14-9-12(4)15-13/h6,8-9,13H,5,7H2,1-4H3. The van der Waals surface area contributed by atoms with Crippen molar-refractivity contribution in [2.45, 2.75) is 46.8 Å². The molecule has 0 bridgehead atoms. The molecule has 0 spiro atoms. The van der Waals surface area contributed by atoms with E-state index in [1.807, 2.05) is 13.0 Å². The molecule has 0 fully saturated rings. The average Bonchev–Trinajstić information content (AvgIpc) is 2.50. The van der Waals surface area contributed by atoms with Crippen LogP contribution in [0.5, 0.6) is 0 Å². The molecular formula is C13H20O2. The molecule has 2 nitrogen and oxygen atoms in total. The van der Waals surface area contributed by atoms with E-state index in [9.17, 15) is 0 Å². The minimum atomic E-state index is -0.211. The van der Waals surface area contributed by atoms with Crippen LogP contribution in [0.3, 0.4) is 0 Å². The van der Waals surface area contributed by atoms with Gasteiger partial charge in [0, 0.05) is 0 Å². The van der Waals surface area contributed by atoms with Crippen LogP contribution in [0.2, 0.25) is 0 Å². The monoisotopic (exact) mass is 208 g/mol. The van der Waals surface area contributed by atoms with Crippen LogP contribution in [0.15, 0.2) is 35.3 Å². The molecular weight excluding hydrogens is 188 g/mol. The predicted molar refractivity (Wildman–Crippen MR) is 62.1 cm³/mol. The number of hydrogen-bond donors (Lipinski definition) is 0. The maximum Gasteiger partial charge on any atom is 0.259 e. The topological polar surface area (TPSA) is 18.5 Å². The van der Waals surface area contributed by atoms with Crippen molar-refractivity contribution in [3.8, 4) is 0 Å². The van der Waals surface area contributed by atoms with E-state index in [1.54, 1.807) is 6.26 Å². The Hall–Kier alpha value is -1.18. The van der Waals surface area contributed by atoms with Crippen molar-refractivity contribution in [3.63, 3.8) is 0 Å². The third-order valence-electron chi connectivity index (χ3n) is 2.18. The largest absolute Gasteiger partial charge is 0.455 e. The van der Waals surface area contributed by atoms with E-state index in [0.29, 0.717) is 0 Å². The highest BCUT2D eigenvalue weighted by molar-refractivity contribution is 5.06. The minimum absolute atomic E-state index is 0.211. The van der Waals surface area contributed by atoms with E-state index in [4.69, 9.17) is 9.47 Å². The second kappa shape index (κ2) is 5.64. The zero-order valence-corrected chi connectivity index (χ0v) is 10.0. The predicted octanol–water partition coefficient (Wildman–Crippen LogP) is 3.91. The lowest BCUT2D eigenvalue weighted by atomic mass is 10.1. The van der Waals surface area contributed by atoms with Crippen LogP contribution in [0.25, 0.3) is 0 Å². The summed E-state index contributed by atoms with van der Waals surface area (Å²) in [6.07, 6.45) is 7.88. The van der Waals surface area contributed by atoms with E-state index in [-0.39, 0.29) is 6.29 Å². The van der Waals surface area contributed by atoms with Crippen molar-refractivity contribution in [3.05, 3.63) is 35.3 Å². The van der Waals surface area contributed by atoms with E-state index in [0.717, 1.165) is 18.6 Å². The molecule has 0 aromatic carbocycles. The molecule has 0 aromatic heterocycles. The van der Waals surface area contributed by atoms with Gasteiger partial charge >= 0.3 is 0 Å². The van der Waals surface area contributed by atoms with Crippen molar-refractivity contribution in [1.29, 1.82) is 0 Å². The smallest absolute Gasteiger partial charge is 0.259 e. The second-order valence-electron chi connectivity index (χ2n) is 4.18. The first-order valence-corrected chi connectivity index (χ1v) is 5.37. The Balaban J connectivity index is 2.31. The zero-order valence-electron chi connectivity index (χ0n) is 10.0. The number of rotatable bonds is 4. The fraction of sp³-hybridized carbons (Fsp3) is 0.538. The van der Waals surface area contributed by atoms with Gasteiger partial charge < -0.3 is 9.47 Å². The van der Waals surface area contributed by atoms with Crippen molar-refractivity contribution in [2.24, 2.45) is 0 Å². The molecule has 0 saturated carbocycles. The summed E-state index contributed by atoms with van der Waals surface area (Å²) in [5, 5.41) is 0. The fourth-order valence-electron chi connectivity index (χ4n) is 1.38. The summed E-state index contributed by atoms with van der Waals surface area (Å²) >= 11 is 0. The molecule has 84 valence electrons. The quantitative estimate of drug-likeness (QED) is 0.652. The Kier molecular flexibility index (Phi) is 4.47. The maximum absolute atomic E-state index is 5.41. The molecule has 1 unspecified atom stereocenters. The molecule has 0 saturated heterocycles. The molecule has 2 heteroatoms. The third kappa shape index (κ3) is 4.73. The van der Waals surface area contributed by atoms with Gasteiger partial charge in [-0.1, -0.05) is 17.2 Å². The first-order chi connectivity index (χ1) is 7.08. The molecule has 0 amide bonds. The van der Waals surface area contributed by atoms with Crippen LogP contribution in [-0.4, -0.2) is 6.29 Å². The molecule has 0 aromatic rings. The zero-order chi connectivity index (χ0) is 11.3. The summed E-state index contributed by atoms with van der Waals surface area (Å²) in [4.78, 5) is 0. The molecule has 1 atom stereocenters. The highest BCUT2D eigenvalue weighted by Crippen LogP contribution is 2.17. The van der Waals surface area contributed by atoms with Gasteiger partial charge in [-0.25, -0.2) is 0 Å². The average molecular weight is 208 g/mol. The van der Waals surface area contributed by atoms with Gasteiger partial charge in [-0.05, 0) is 46.6 Å². The highest BCUT2D eigenvalue weighted by Gasteiger charge is 2.13. The van der Waals surface area contributed by atoms with Gasteiger partial charge in [-0.2, -0.15) is 0 Å². The highest BCUT2D eigenvalue weighted by atomic mass is 16.7. The van der Waals surface area contributed by atoms with Gasteiger partial charge in [0.1, 0.15) is 12.0 Å². The van der Waals surface area contributed by atoms with E-state index in [2.05, 4.69) is 26.8 Å². The van der Waals surface area contributed by atoms with Gasteiger partial charge in [0.15, 0.2) is 0 Å². The van der Waals surface area contributed by atoms with Crippen LogP contribution in [0.1, 0.15) is 40.5 Å². The molecule has 1 heterocycles. The molecule has 1 aliphatic heterocycles. The first kappa shape index (κ1) is 11.9. The molecule has 0 N–H and O–H groups in total. The molecule has 0 aliphatic carbocycles. The van der Waals surface area contributed by atoms with Crippen molar-refractivity contribution >= 4 is 0 Å². The maximum atomic E-state index is 5.41. The number of ether oxygens (including phenoxy) is 2. The van der Waals surface area contributed by atoms with Gasteiger partial charge in [0.05, 0.1) is 0 Å². The normalized spacial score (nSPS) is 20.4. The van der Waals surface area contributed by atoms with Crippen molar-refractivity contribution in [1.82, 2.24) is 0 Å². The third-order valence-corrected chi connectivity index (χ3v) is 2.18. The Bertz CT molecular complexity index is 294. The van der Waals surface area contributed by atoms with Gasteiger partial charge in [-0.3, -0.25) is 0 Å². The van der Waals surface area contributed by atoms with Gasteiger partial charge in [-0.15, -0.1) is 0 Å². The Morgan fingerprint density at radius 1 is 1.40 bits per heavy atom.